The van der Waals surface area contributed by atoms with Crippen molar-refractivity contribution in [2.24, 2.45) is 16.1 Å². The molecule has 26 heavy (non-hydrogen) atoms. The summed E-state index contributed by atoms with van der Waals surface area (Å²) in [5, 5.41) is 3.31. The van der Waals surface area contributed by atoms with Gasteiger partial charge in [0.15, 0.2) is 17.5 Å². The molecule has 0 fully saturated rings. The summed E-state index contributed by atoms with van der Waals surface area (Å²) in [4.78, 5) is 18.4. The quantitative estimate of drug-likeness (QED) is 0.592. The van der Waals surface area contributed by atoms with Crippen LogP contribution in [0.25, 0.3) is 0 Å². The molecule has 1 aromatic carbocycles. The Bertz CT molecular complexity index is 686. The number of rotatable bonds is 6. The van der Waals surface area contributed by atoms with Crippen molar-refractivity contribution in [3.8, 4) is 11.5 Å². The molecule has 0 aliphatic carbocycles. The summed E-state index contributed by atoms with van der Waals surface area (Å²) in [7, 11) is 3.29. The van der Waals surface area contributed by atoms with E-state index in [1.54, 1.807) is 14.2 Å². The zero-order valence-electron chi connectivity index (χ0n) is 16.4. The zero-order valence-corrected chi connectivity index (χ0v) is 16.4. The number of fused-ring (bicyclic) bond motifs is 1. The number of nitrogens with two attached hydrogens (primary N) is 1. The molecule has 1 amide bonds. The van der Waals surface area contributed by atoms with E-state index in [0.29, 0.717) is 6.54 Å². The Morgan fingerprint density at radius 1 is 1.27 bits per heavy atom. The Morgan fingerprint density at radius 2 is 1.88 bits per heavy atom. The van der Waals surface area contributed by atoms with Crippen molar-refractivity contribution in [1.82, 2.24) is 10.2 Å². The largest absolute Gasteiger partial charge is 0.493 e. The number of nitrogens with one attached hydrogen (secondary N) is 1. The minimum Gasteiger partial charge on any atom is -0.493 e. The van der Waals surface area contributed by atoms with E-state index in [-0.39, 0.29) is 5.91 Å². The summed E-state index contributed by atoms with van der Waals surface area (Å²) in [6.45, 7) is 8.31. The van der Waals surface area contributed by atoms with Crippen molar-refractivity contribution in [3.63, 3.8) is 0 Å². The predicted octanol–water partition coefficient (Wildman–Crippen LogP) is 1.54. The third kappa shape index (κ3) is 4.39. The van der Waals surface area contributed by atoms with Gasteiger partial charge in [-0.05, 0) is 50.5 Å². The predicted molar refractivity (Wildman–Crippen MR) is 103 cm³/mol. The molecule has 1 heterocycles. The number of nitrogens with zero attached hydrogens (tertiary/aromatic N) is 2. The maximum Gasteiger partial charge on any atom is 0.224 e. The number of benzene rings is 1. The van der Waals surface area contributed by atoms with Crippen LogP contribution in [-0.4, -0.2) is 50.6 Å². The molecule has 0 saturated heterocycles. The molecule has 0 unspecified atom stereocenters. The van der Waals surface area contributed by atoms with E-state index >= 15 is 0 Å². The van der Waals surface area contributed by atoms with Gasteiger partial charge < -0.3 is 25.4 Å². The van der Waals surface area contributed by atoms with Crippen molar-refractivity contribution in [2.75, 3.05) is 33.9 Å². The highest BCUT2D eigenvalue weighted by molar-refractivity contribution is 5.83. The van der Waals surface area contributed by atoms with E-state index in [2.05, 4.69) is 15.2 Å². The van der Waals surface area contributed by atoms with Crippen molar-refractivity contribution >= 4 is 11.9 Å². The van der Waals surface area contributed by atoms with Crippen molar-refractivity contribution < 1.29 is 14.3 Å². The number of methoxy groups -OCH3 is 2. The van der Waals surface area contributed by atoms with Crippen LogP contribution < -0.4 is 20.5 Å². The number of carbonyl (C=O) groups excluding carboxylic acids is 1. The van der Waals surface area contributed by atoms with Crippen LogP contribution >= 0.6 is 0 Å². The number of aliphatic imine (C=N–C) groups is 1. The van der Waals surface area contributed by atoms with Gasteiger partial charge in [-0.15, -0.1) is 0 Å². The summed E-state index contributed by atoms with van der Waals surface area (Å²) in [6.07, 6.45) is 0.888. The average molecular weight is 362 g/mol. The number of ether oxygens (including phenoxy) is 2. The molecule has 0 aromatic heterocycles. The van der Waals surface area contributed by atoms with Crippen molar-refractivity contribution in [3.05, 3.63) is 23.3 Å². The maximum atomic E-state index is 11.6. The number of carbonyl (C=O) groups is 1. The van der Waals surface area contributed by atoms with Gasteiger partial charge in [-0.1, -0.05) is 0 Å². The SMILES string of the molecule is CCNC(=NCC(C)(C)C(N)=O)N1CCc2cc(OC)c(OC)cc2C1. The minimum absolute atomic E-state index is 0.347. The Kier molecular flexibility index (Phi) is 6.34. The topological polar surface area (TPSA) is 89.2 Å². The van der Waals surface area contributed by atoms with E-state index in [4.69, 9.17) is 15.2 Å². The summed E-state index contributed by atoms with van der Waals surface area (Å²) < 4.78 is 10.8. The van der Waals surface area contributed by atoms with Crippen LogP contribution in [0.2, 0.25) is 0 Å². The molecule has 1 aliphatic rings. The Labute approximate surface area is 155 Å². The molecule has 0 radical (unpaired) electrons. The van der Waals surface area contributed by atoms with Gasteiger partial charge in [0.1, 0.15) is 0 Å². The van der Waals surface area contributed by atoms with Crippen LogP contribution in [-0.2, 0) is 17.8 Å². The lowest BCUT2D eigenvalue weighted by molar-refractivity contribution is -0.125. The first-order valence-corrected chi connectivity index (χ1v) is 8.89. The van der Waals surface area contributed by atoms with E-state index in [0.717, 1.165) is 43.5 Å². The lowest BCUT2D eigenvalue weighted by Crippen LogP contribution is -2.45. The summed E-state index contributed by atoms with van der Waals surface area (Å²) in [5.74, 6) is 1.92. The first-order chi connectivity index (χ1) is 12.3. The van der Waals surface area contributed by atoms with Gasteiger partial charge in [-0.3, -0.25) is 9.79 Å². The fourth-order valence-corrected chi connectivity index (χ4v) is 2.84. The summed E-state index contributed by atoms with van der Waals surface area (Å²) in [6, 6.07) is 4.07. The van der Waals surface area contributed by atoms with Crippen molar-refractivity contribution in [1.29, 1.82) is 0 Å². The van der Waals surface area contributed by atoms with Gasteiger partial charge in [-0.25, -0.2) is 0 Å². The number of hydrogen-bond donors (Lipinski definition) is 2. The van der Waals surface area contributed by atoms with E-state index in [9.17, 15) is 4.79 Å². The zero-order chi connectivity index (χ0) is 19.3. The third-order valence-corrected chi connectivity index (χ3v) is 4.64. The normalized spacial score (nSPS) is 14.7. The van der Waals surface area contributed by atoms with Crippen molar-refractivity contribution in [2.45, 2.75) is 33.7 Å². The van der Waals surface area contributed by atoms with Crippen LogP contribution in [0.1, 0.15) is 31.9 Å². The molecule has 1 aliphatic heterocycles. The average Bonchev–Trinajstić information content (AvgIpc) is 2.63. The number of hydrogen-bond acceptors (Lipinski definition) is 4. The molecule has 144 valence electrons. The second kappa shape index (κ2) is 8.29. The maximum absolute atomic E-state index is 11.6. The fraction of sp³-hybridized carbons (Fsp3) is 0.579. The first-order valence-electron chi connectivity index (χ1n) is 8.89. The molecule has 0 spiro atoms. The number of primary amides is 1. The number of guanidine groups is 1. The van der Waals surface area contributed by atoms with Gasteiger partial charge in [0.25, 0.3) is 0 Å². The summed E-state index contributed by atoms with van der Waals surface area (Å²) in [5.41, 5.74) is 7.23. The second-order valence-electron chi connectivity index (χ2n) is 7.07. The lowest BCUT2D eigenvalue weighted by Gasteiger charge is -2.32. The van der Waals surface area contributed by atoms with Gasteiger partial charge in [0, 0.05) is 19.6 Å². The molecule has 3 N–H and O–H groups in total. The van der Waals surface area contributed by atoms with E-state index in [1.807, 2.05) is 32.9 Å². The number of amides is 1. The van der Waals surface area contributed by atoms with Crippen LogP contribution in [0.5, 0.6) is 11.5 Å². The second-order valence-corrected chi connectivity index (χ2v) is 7.07. The molecular weight excluding hydrogens is 332 g/mol. The van der Waals surface area contributed by atoms with Gasteiger partial charge in [-0.2, -0.15) is 0 Å². The minimum atomic E-state index is -0.676. The molecular formula is C19H30N4O3. The Balaban J connectivity index is 2.24. The Hall–Kier alpha value is -2.44. The monoisotopic (exact) mass is 362 g/mol. The third-order valence-electron chi connectivity index (χ3n) is 4.64. The first kappa shape index (κ1) is 19.9. The highest BCUT2D eigenvalue weighted by Gasteiger charge is 2.26. The molecule has 2 rings (SSSR count). The van der Waals surface area contributed by atoms with Crippen LogP contribution in [0.15, 0.2) is 17.1 Å². The standard InChI is InChI=1S/C19H30N4O3/c1-6-21-18(22-12-19(2,3)17(20)24)23-8-7-13-9-15(25-4)16(26-5)10-14(13)11-23/h9-10H,6-8,11-12H2,1-5H3,(H2,20,24)(H,21,22). The summed E-state index contributed by atoms with van der Waals surface area (Å²) >= 11 is 0. The van der Waals surface area contributed by atoms with Gasteiger partial charge in [0.05, 0.1) is 26.2 Å². The van der Waals surface area contributed by atoms with Crippen LogP contribution in [0, 0.1) is 5.41 Å². The fourth-order valence-electron chi connectivity index (χ4n) is 2.84. The molecule has 0 bridgehead atoms. The molecule has 1 aromatic rings. The molecule has 0 atom stereocenters. The van der Waals surface area contributed by atoms with Gasteiger partial charge >= 0.3 is 0 Å². The molecule has 7 heteroatoms. The lowest BCUT2D eigenvalue weighted by atomic mass is 9.93. The Morgan fingerprint density at radius 3 is 2.42 bits per heavy atom. The van der Waals surface area contributed by atoms with Crippen LogP contribution in [0.4, 0.5) is 0 Å². The molecule has 7 nitrogen and oxygen atoms in total. The molecule has 0 saturated carbocycles. The highest BCUT2D eigenvalue weighted by Crippen LogP contribution is 2.33. The van der Waals surface area contributed by atoms with E-state index < -0.39 is 5.41 Å². The highest BCUT2D eigenvalue weighted by atomic mass is 16.5. The van der Waals surface area contributed by atoms with E-state index in [1.165, 1.54) is 11.1 Å². The van der Waals surface area contributed by atoms with Gasteiger partial charge in [0.2, 0.25) is 5.91 Å². The smallest absolute Gasteiger partial charge is 0.224 e. The van der Waals surface area contributed by atoms with Crippen LogP contribution in [0.3, 0.4) is 0 Å².